The number of carbonyl (C=O) groups is 1. The van der Waals surface area contributed by atoms with Crippen molar-refractivity contribution in [3.05, 3.63) is 59.2 Å². The van der Waals surface area contributed by atoms with E-state index < -0.39 is 5.82 Å². The summed E-state index contributed by atoms with van der Waals surface area (Å²) in [4.78, 5) is 10.9. The average Bonchev–Trinajstić information content (AvgIpc) is 2.29. The lowest BCUT2D eigenvalue weighted by molar-refractivity contribution is 0.112. The Morgan fingerprint density at radius 3 is 2.47 bits per heavy atom. The van der Waals surface area contributed by atoms with Crippen LogP contribution in [0.5, 0.6) is 0 Å². The van der Waals surface area contributed by atoms with E-state index in [0.717, 1.165) is 0 Å². The van der Waals surface area contributed by atoms with Crippen LogP contribution in [0.2, 0.25) is 0 Å². The van der Waals surface area contributed by atoms with Crippen molar-refractivity contribution in [1.82, 2.24) is 0 Å². The molecule has 2 aromatic rings. The summed E-state index contributed by atoms with van der Waals surface area (Å²) in [5, 5.41) is 0. The molecule has 0 atom stereocenters. The Kier molecular flexibility index (Phi) is 3.00. The van der Waals surface area contributed by atoms with Crippen LogP contribution in [0.4, 0.5) is 8.78 Å². The smallest absolute Gasteiger partial charge is 0.153 e. The van der Waals surface area contributed by atoms with Crippen LogP contribution in [0.3, 0.4) is 0 Å². The lowest BCUT2D eigenvalue weighted by atomic mass is 9.96. The van der Waals surface area contributed by atoms with Crippen LogP contribution in [0, 0.1) is 18.6 Å². The quantitative estimate of drug-likeness (QED) is 0.720. The van der Waals surface area contributed by atoms with Gasteiger partial charge in [-0.1, -0.05) is 18.2 Å². The minimum atomic E-state index is -0.568. The second-order valence-electron chi connectivity index (χ2n) is 3.78. The van der Waals surface area contributed by atoms with Gasteiger partial charge >= 0.3 is 0 Å². The molecule has 0 N–H and O–H groups in total. The summed E-state index contributed by atoms with van der Waals surface area (Å²) in [6.07, 6.45) is 0.480. The van der Waals surface area contributed by atoms with Gasteiger partial charge in [0.05, 0.1) is 5.56 Å². The van der Waals surface area contributed by atoms with Gasteiger partial charge in [-0.25, -0.2) is 8.78 Å². The highest BCUT2D eigenvalue weighted by molar-refractivity contribution is 5.88. The van der Waals surface area contributed by atoms with E-state index in [1.54, 1.807) is 19.1 Å². The number of rotatable bonds is 2. The Balaban J connectivity index is 2.68. The normalized spacial score (nSPS) is 10.3. The van der Waals surface area contributed by atoms with Crippen LogP contribution in [0.25, 0.3) is 11.1 Å². The highest BCUT2D eigenvalue weighted by Gasteiger charge is 2.11. The summed E-state index contributed by atoms with van der Waals surface area (Å²) in [6, 6.07) is 8.60. The predicted molar refractivity (Wildman–Crippen MR) is 61.9 cm³/mol. The molecule has 3 heteroatoms. The molecule has 0 heterocycles. The van der Waals surface area contributed by atoms with Gasteiger partial charge in [0, 0.05) is 0 Å². The molecule has 0 saturated heterocycles. The van der Waals surface area contributed by atoms with E-state index in [2.05, 4.69) is 0 Å². The third-order valence-electron chi connectivity index (χ3n) is 2.65. The second kappa shape index (κ2) is 4.45. The van der Waals surface area contributed by atoms with Gasteiger partial charge in [0.15, 0.2) is 6.29 Å². The molecule has 0 aliphatic rings. The predicted octanol–water partition coefficient (Wildman–Crippen LogP) is 3.75. The average molecular weight is 232 g/mol. The lowest BCUT2D eigenvalue weighted by Crippen LogP contribution is -1.94. The van der Waals surface area contributed by atoms with E-state index >= 15 is 0 Å². The molecule has 1 nitrogen and oxygen atoms in total. The van der Waals surface area contributed by atoms with Crippen molar-refractivity contribution in [2.24, 2.45) is 0 Å². The number of carbonyl (C=O) groups excluding carboxylic acids is 1. The second-order valence-corrected chi connectivity index (χ2v) is 3.78. The van der Waals surface area contributed by atoms with E-state index in [1.807, 2.05) is 0 Å². The zero-order valence-electron chi connectivity index (χ0n) is 9.21. The number of benzene rings is 2. The summed E-state index contributed by atoms with van der Waals surface area (Å²) in [6.45, 7) is 1.72. The van der Waals surface area contributed by atoms with Crippen LogP contribution >= 0.6 is 0 Å². The minimum absolute atomic E-state index is 0.00204. The van der Waals surface area contributed by atoms with Gasteiger partial charge in [0.2, 0.25) is 0 Å². The fourth-order valence-electron chi connectivity index (χ4n) is 1.82. The van der Waals surface area contributed by atoms with E-state index in [-0.39, 0.29) is 11.4 Å². The largest absolute Gasteiger partial charge is 0.298 e. The zero-order valence-corrected chi connectivity index (χ0v) is 9.21. The minimum Gasteiger partial charge on any atom is -0.298 e. The maximum atomic E-state index is 13.4. The first kappa shape index (κ1) is 11.5. The number of hydrogen-bond acceptors (Lipinski definition) is 1. The van der Waals surface area contributed by atoms with Crippen molar-refractivity contribution in [2.75, 3.05) is 0 Å². The molecule has 17 heavy (non-hydrogen) atoms. The van der Waals surface area contributed by atoms with Crippen LogP contribution in [-0.2, 0) is 0 Å². The molecular weight excluding hydrogens is 222 g/mol. The number of halogens is 2. The molecule has 2 rings (SSSR count). The highest BCUT2D eigenvalue weighted by atomic mass is 19.1. The lowest BCUT2D eigenvalue weighted by Gasteiger charge is -2.09. The van der Waals surface area contributed by atoms with Crippen LogP contribution < -0.4 is 0 Å². The van der Waals surface area contributed by atoms with Crippen molar-refractivity contribution in [3.8, 4) is 11.1 Å². The van der Waals surface area contributed by atoms with Gasteiger partial charge in [-0.05, 0) is 41.8 Å². The maximum absolute atomic E-state index is 13.4. The topological polar surface area (TPSA) is 17.1 Å². The zero-order chi connectivity index (χ0) is 12.4. The van der Waals surface area contributed by atoms with Crippen molar-refractivity contribution >= 4 is 6.29 Å². The van der Waals surface area contributed by atoms with Gasteiger partial charge in [-0.2, -0.15) is 0 Å². The summed E-state index contributed by atoms with van der Waals surface area (Å²) in [5.74, 6) is -0.920. The Hall–Kier alpha value is -2.03. The molecule has 0 fully saturated rings. The number of aldehydes is 1. The van der Waals surface area contributed by atoms with E-state index in [4.69, 9.17) is 0 Å². The molecule has 0 aliphatic heterocycles. The summed E-state index contributed by atoms with van der Waals surface area (Å²) in [5.41, 5.74) is 1.81. The van der Waals surface area contributed by atoms with Crippen LogP contribution in [0.1, 0.15) is 15.9 Å². The molecule has 0 bridgehead atoms. The number of hydrogen-bond donors (Lipinski definition) is 0. The molecule has 0 amide bonds. The third kappa shape index (κ3) is 2.09. The standard InChI is InChI=1S/C14H10F2O/c1-9-7-10(15)5-6-11(9)12-3-2-4-14(16)13(12)8-17/h2-8H,1H3. The molecule has 0 saturated carbocycles. The monoisotopic (exact) mass is 232 g/mol. The van der Waals surface area contributed by atoms with Crippen LogP contribution in [0.15, 0.2) is 36.4 Å². The Morgan fingerprint density at radius 1 is 1.06 bits per heavy atom. The van der Waals surface area contributed by atoms with E-state index in [9.17, 15) is 13.6 Å². The van der Waals surface area contributed by atoms with Crippen molar-refractivity contribution in [2.45, 2.75) is 6.92 Å². The van der Waals surface area contributed by atoms with Crippen molar-refractivity contribution in [3.63, 3.8) is 0 Å². The summed E-state index contributed by atoms with van der Waals surface area (Å²) >= 11 is 0. The number of aryl methyl sites for hydroxylation is 1. The Bertz CT molecular complexity index is 576. The maximum Gasteiger partial charge on any atom is 0.153 e. The van der Waals surface area contributed by atoms with Gasteiger partial charge in [-0.3, -0.25) is 4.79 Å². The molecule has 0 unspecified atom stereocenters. The first-order valence-corrected chi connectivity index (χ1v) is 5.13. The van der Waals surface area contributed by atoms with E-state index in [0.29, 0.717) is 23.0 Å². The fourth-order valence-corrected chi connectivity index (χ4v) is 1.82. The third-order valence-corrected chi connectivity index (χ3v) is 2.65. The van der Waals surface area contributed by atoms with Gasteiger partial charge in [-0.15, -0.1) is 0 Å². The molecular formula is C14H10F2O. The molecule has 0 radical (unpaired) electrons. The molecule has 2 aromatic carbocycles. The Morgan fingerprint density at radius 2 is 1.82 bits per heavy atom. The summed E-state index contributed by atoms with van der Waals surface area (Å²) < 4.78 is 26.4. The van der Waals surface area contributed by atoms with E-state index in [1.165, 1.54) is 24.3 Å². The van der Waals surface area contributed by atoms with Gasteiger partial charge in [0.1, 0.15) is 11.6 Å². The molecule has 0 aliphatic carbocycles. The molecule has 86 valence electrons. The first-order chi connectivity index (χ1) is 8.13. The SMILES string of the molecule is Cc1cc(F)ccc1-c1cccc(F)c1C=O. The molecule has 0 aromatic heterocycles. The highest BCUT2D eigenvalue weighted by Crippen LogP contribution is 2.27. The van der Waals surface area contributed by atoms with Crippen molar-refractivity contribution < 1.29 is 13.6 Å². The molecule has 0 spiro atoms. The fraction of sp³-hybridized carbons (Fsp3) is 0.0714. The van der Waals surface area contributed by atoms with Gasteiger partial charge < -0.3 is 0 Å². The van der Waals surface area contributed by atoms with Crippen molar-refractivity contribution in [1.29, 1.82) is 0 Å². The first-order valence-electron chi connectivity index (χ1n) is 5.13. The van der Waals surface area contributed by atoms with Gasteiger partial charge in [0.25, 0.3) is 0 Å². The Labute approximate surface area is 97.7 Å². The van der Waals surface area contributed by atoms with Crippen LogP contribution in [-0.4, -0.2) is 6.29 Å². The summed E-state index contributed by atoms with van der Waals surface area (Å²) in [7, 11) is 0.